The van der Waals surface area contributed by atoms with Crippen LogP contribution in [0.1, 0.15) is 19.5 Å². The highest BCUT2D eigenvalue weighted by atomic mass is 79.9. The number of aliphatic imine (C=N–C) groups is 1. The van der Waals surface area contributed by atoms with Crippen molar-refractivity contribution in [3.8, 4) is 5.69 Å². The van der Waals surface area contributed by atoms with E-state index in [0.29, 0.717) is 0 Å². The van der Waals surface area contributed by atoms with E-state index in [0.717, 1.165) is 34.6 Å². The second kappa shape index (κ2) is 8.17. The number of aromatic nitrogens is 1. The minimum absolute atomic E-state index is 0.958. The highest BCUT2D eigenvalue weighted by Crippen LogP contribution is 2.20. The Bertz CT molecular complexity index is 828. The zero-order valence-electron chi connectivity index (χ0n) is 14.6. The molecule has 0 saturated heterocycles. The Labute approximate surface area is 157 Å². The van der Waals surface area contributed by atoms with Gasteiger partial charge < -0.3 is 9.47 Å². The molecule has 3 nitrogen and oxygen atoms in total. The summed E-state index contributed by atoms with van der Waals surface area (Å²) < 4.78 is 3.20. The molecule has 1 aromatic heterocycles. The Balaban J connectivity index is 1.79. The van der Waals surface area contributed by atoms with Crippen LogP contribution in [0.25, 0.3) is 5.69 Å². The van der Waals surface area contributed by atoms with Gasteiger partial charge in [-0.3, -0.25) is 4.99 Å². The molecule has 0 spiro atoms. The van der Waals surface area contributed by atoms with Gasteiger partial charge in [-0.2, -0.15) is 0 Å². The maximum atomic E-state index is 4.63. The van der Waals surface area contributed by atoms with E-state index < -0.39 is 0 Å². The van der Waals surface area contributed by atoms with Crippen LogP contribution < -0.4 is 4.90 Å². The van der Waals surface area contributed by atoms with Crippen molar-refractivity contribution in [2.45, 2.75) is 13.8 Å². The second-order valence-electron chi connectivity index (χ2n) is 5.73. The van der Waals surface area contributed by atoms with Gasteiger partial charge in [0.1, 0.15) is 0 Å². The average Bonchev–Trinajstić information content (AvgIpc) is 3.11. The summed E-state index contributed by atoms with van der Waals surface area (Å²) in [7, 11) is 0. The summed E-state index contributed by atoms with van der Waals surface area (Å²) in [5.41, 5.74) is 4.36. The van der Waals surface area contributed by atoms with E-state index >= 15 is 0 Å². The Morgan fingerprint density at radius 3 is 2.28 bits per heavy atom. The first-order chi connectivity index (χ1) is 12.2. The molecule has 0 amide bonds. The lowest BCUT2D eigenvalue weighted by Gasteiger charge is -2.20. The zero-order valence-corrected chi connectivity index (χ0v) is 16.1. The molecule has 0 aliphatic rings. The summed E-state index contributed by atoms with van der Waals surface area (Å²) in [6, 6.07) is 20.8. The molecule has 0 unspecified atom stereocenters. The van der Waals surface area contributed by atoms with E-state index in [-0.39, 0.29) is 0 Å². The third-order valence-electron chi connectivity index (χ3n) is 4.21. The van der Waals surface area contributed by atoms with Crippen LogP contribution in [0.15, 0.2) is 76.3 Å². The lowest BCUT2D eigenvalue weighted by atomic mass is 10.2. The van der Waals surface area contributed by atoms with E-state index in [1.54, 1.807) is 0 Å². The number of hydrogen-bond acceptors (Lipinski definition) is 2. The van der Waals surface area contributed by atoms with Gasteiger partial charge >= 0.3 is 0 Å². The molecule has 25 heavy (non-hydrogen) atoms. The molecule has 2 aromatic carbocycles. The third kappa shape index (κ3) is 4.20. The molecule has 0 N–H and O–H groups in total. The first-order valence-electron chi connectivity index (χ1n) is 8.53. The number of nitrogens with zero attached hydrogens (tertiary/aromatic N) is 3. The van der Waals surface area contributed by atoms with Crippen LogP contribution in [0.4, 0.5) is 11.4 Å². The Hall–Kier alpha value is -2.33. The number of halogens is 1. The average molecular weight is 396 g/mol. The fourth-order valence-electron chi connectivity index (χ4n) is 2.82. The smallest absolute Gasteiger partial charge is 0.0639 e. The van der Waals surface area contributed by atoms with E-state index in [2.05, 4.69) is 86.7 Å². The van der Waals surface area contributed by atoms with Crippen LogP contribution >= 0.6 is 15.9 Å². The standard InChI is InChI=1S/C21H22BrN3/c1-3-24(4-2)19-13-9-18(10-14-19)23-16-21-6-5-15-25(21)20-11-7-17(22)8-12-20/h5-16H,3-4H2,1-2H3. The summed E-state index contributed by atoms with van der Waals surface area (Å²) in [4.78, 5) is 6.96. The molecule has 0 atom stereocenters. The zero-order chi connectivity index (χ0) is 17.6. The van der Waals surface area contributed by atoms with Crippen molar-refractivity contribution in [2.24, 2.45) is 4.99 Å². The van der Waals surface area contributed by atoms with Crippen LogP contribution in [0, 0.1) is 0 Å². The molecule has 0 saturated carbocycles. The predicted octanol–water partition coefficient (Wildman–Crippen LogP) is 5.84. The van der Waals surface area contributed by atoms with Crippen LogP contribution in [-0.4, -0.2) is 23.9 Å². The molecular formula is C21H22BrN3. The molecule has 3 rings (SSSR count). The van der Waals surface area contributed by atoms with Crippen molar-refractivity contribution < 1.29 is 0 Å². The van der Waals surface area contributed by atoms with Crippen molar-refractivity contribution in [3.63, 3.8) is 0 Å². The second-order valence-corrected chi connectivity index (χ2v) is 6.64. The minimum atomic E-state index is 0.958. The molecule has 0 fully saturated rings. The summed E-state index contributed by atoms with van der Waals surface area (Å²) in [6.45, 7) is 6.37. The molecule has 128 valence electrons. The highest BCUT2D eigenvalue weighted by Gasteiger charge is 2.02. The lowest BCUT2D eigenvalue weighted by Crippen LogP contribution is -2.21. The number of anilines is 1. The van der Waals surface area contributed by atoms with Crippen LogP contribution in [0.5, 0.6) is 0 Å². The third-order valence-corrected chi connectivity index (χ3v) is 4.74. The van der Waals surface area contributed by atoms with Crippen molar-refractivity contribution in [3.05, 3.63) is 77.0 Å². The van der Waals surface area contributed by atoms with Crippen molar-refractivity contribution in [1.29, 1.82) is 0 Å². The normalized spacial score (nSPS) is 11.2. The summed E-state index contributed by atoms with van der Waals surface area (Å²) in [5.74, 6) is 0. The van der Waals surface area contributed by atoms with Gasteiger partial charge in [-0.05, 0) is 74.5 Å². The van der Waals surface area contributed by atoms with Gasteiger partial charge in [-0.15, -0.1) is 0 Å². The van der Waals surface area contributed by atoms with Crippen LogP contribution in [-0.2, 0) is 0 Å². The van der Waals surface area contributed by atoms with Gasteiger partial charge in [0.05, 0.1) is 17.6 Å². The Kier molecular flexibility index (Phi) is 5.71. The maximum Gasteiger partial charge on any atom is 0.0639 e. The largest absolute Gasteiger partial charge is 0.372 e. The molecular weight excluding hydrogens is 374 g/mol. The van der Waals surface area contributed by atoms with Crippen molar-refractivity contribution in [1.82, 2.24) is 4.57 Å². The predicted molar refractivity (Wildman–Crippen MR) is 111 cm³/mol. The van der Waals surface area contributed by atoms with Gasteiger partial charge in [0.2, 0.25) is 0 Å². The van der Waals surface area contributed by atoms with E-state index in [1.165, 1.54) is 5.69 Å². The SMILES string of the molecule is CCN(CC)c1ccc(N=Cc2cccn2-c2ccc(Br)cc2)cc1. The molecule has 1 heterocycles. The summed E-state index contributed by atoms with van der Waals surface area (Å²) in [5, 5.41) is 0. The Morgan fingerprint density at radius 1 is 0.960 bits per heavy atom. The van der Waals surface area contributed by atoms with Gasteiger partial charge in [-0.1, -0.05) is 15.9 Å². The molecule has 3 aromatic rings. The molecule has 0 aliphatic carbocycles. The fourth-order valence-corrected chi connectivity index (χ4v) is 3.08. The first kappa shape index (κ1) is 17.5. The topological polar surface area (TPSA) is 20.5 Å². The first-order valence-corrected chi connectivity index (χ1v) is 9.33. The van der Waals surface area contributed by atoms with Gasteiger partial charge in [-0.25, -0.2) is 0 Å². The van der Waals surface area contributed by atoms with Crippen molar-refractivity contribution >= 4 is 33.5 Å². The maximum absolute atomic E-state index is 4.63. The molecule has 0 aliphatic heterocycles. The quantitative estimate of drug-likeness (QED) is 0.480. The van der Waals surface area contributed by atoms with Gasteiger partial charge in [0.15, 0.2) is 0 Å². The van der Waals surface area contributed by atoms with Crippen molar-refractivity contribution in [2.75, 3.05) is 18.0 Å². The molecule has 4 heteroatoms. The lowest BCUT2D eigenvalue weighted by molar-refractivity contribution is 0.866. The highest BCUT2D eigenvalue weighted by molar-refractivity contribution is 9.10. The monoisotopic (exact) mass is 395 g/mol. The van der Waals surface area contributed by atoms with E-state index in [9.17, 15) is 0 Å². The minimum Gasteiger partial charge on any atom is -0.372 e. The molecule has 0 radical (unpaired) electrons. The summed E-state index contributed by atoms with van der Waals surface area (Å²) >= 11 is 3.48. The molecule has 0 bridgehead atoms. The summed E-state index contributed by atoms with van der Waals surface area (Å²) in [6.07, 6.45) is 3.96. The fraction of sp³-hybridized carbons (Fsp3) is 0.190. The van der Waals surface area contributed by atoms with E-state index in [1.807, 2.05) is 30.6 Å². The Morgan fingerprint density at radius 2 is 1.64 bits per heavy atom. The van der Waals surface area contributed by atoms with Crippen LogP contribution in [0.2, 0.25) is 0 Å². The number of rotatable bonds is 6. The number of benzene rings is 2. The van der Waals surface area contributed by atoms with Crippen LogP contribution in [0.3, 0.4) is 0 Å². The van der Waals surface area contributed by atoms with Gasteiger partial charge in [0.25, 0.3) is 0 Å². The van der Waals surface area contributed by atoms with E-state index in [4.69, 9.17) is 0 Å². The van der Waals surface area contributed by atoms with Gasteiger partial charge in [0, 0.05) is 35.1 Å². The number of hydrogen-bond donors (Lipinski definition) is 0.